The third-order valence-corrected chi connectivity index (χ3v) is 6.72. The number of para-hydroxylation sites is 1. The highest BCUT2D eigenvalue weighted by molar-refractivity contribution is 7.55. The van der Waals surface area contributed by atoms with Crippen LogP contribution in [0.2, 0.25) is 0 Å². The highest BCUT2D eigenvalue weighted by Gasteiger charge is 2.15. The van der Waals surface area contributed by atoms with Gasteiger partial charge >= 0.3 is 7.60 Å². The molecule has 0 amide bonds. The molecule has 0 saturated carbocycles. The molecule has 0 atom stereocenters. The number of rotatable bonds is 11. The van der Waals surface area contributed by atoms with E-state index in [9.17, 15) is 14.4 Å². The normalized spacial score (nSPS) is 11.6. The SMILES string of the molecule is COc1cc(COc2nn(-c3ccccc3)cc2/C=C/P(=O)(O)O)ccc1OCc1nc(-c2ccccc2)cn1C. The molecule has 0 radical (unpaired) electrons. The van der Waals surface area contributed by atoms with Gasteiger partial charge in [-0.05, 0) is 35.9 Å². The molecule has 0 unspecified atom stereocenters. The second-order valence-electron chi connectivity index (χ2n) is 9.16. The predicted octanol–water partition coefficient (Wildman–Crippen LogP) is 5.59. The lowest BCUT2D eigenvalue weighted by Gasteiger charge is -2.12. The van der Waals surface area contributed by atoms with Crippen molar-refractivity contribution in [2.24, 2.45) is 7.05 Å². The van der Waals surface area contributed by atoms with Gasteiger partial charge in [0.2, 0.25) is 5.88 Å². The van der Waals surface area contributed by atoms with Crippen molar-refractivity contribution in [1.82, 2.24) is 19.3 Å². The summed E-state index contributed by atoms with van der Waals surface area (Å²) in [5, 5.41) is 4.48. The largest absolute Gasteiger partial charge is 0.493 e. The van der Waals surface area contributed by atoms with Gasteiger partial charge < -0.3 is 28.6 Å². The van der Waals surface area contributed by atoms with Crippen LogP contribution in [0.1, 0.15) is 17.0 Å². The lowest BCUT2D eigenvalue weighted by molar-refractivity contribution is 0.270. The number of aromatic nitrogens is 4. The zero-order chi connectivity index (χ0) is 28.8. The maximum Gasteiger partial charge on any atom is 0.349 e. The molecule has 2 heterocycles. The van der Waals surface area contributed by atoms with Crippen LogP contribution >= 0.6 is 7.60 Å². The Balaban J connectivity index is 1.30. The number of nitrogens with zero attached hydrogens (tertiary/aromatic N) is 4. The summed E-state index contributed by atoms with van der Waals surface area (Å²) in [5.74, 6) is 2.90. The number of imidazole rings is 1. The topological polar surface area (TPSA) is 121 Å². The monoisotopic (exact) mass is 572 g/mol. The summed E-state index contributed by atoms with van der Waals surface area (Å²) in [7, 11) is -0.871. The lowest BCUT2D eigenvalue weighted by Crippen LogP contribution is -2.04. The van der Waals surface area contributed by atoms with Gasteiger partial charge in [-0.25, -0.2) is 9.67 Å². The average molecular weight is 573 g/mol. The molecule has 0 bridgehead atoms. The number of benzene rings is 3. The quantitative estimate of drug-likeness (QED) is 0.197. The van der Waals surface area contributed by atoms with E-state index in [1.54, 1.807) is 24.1 Å². The average Bonchev–Trinajstić information content (AvgIpc) is 3.57. The fraction of sp³-hybridized carbons (Fsp3) is 0.133. The van der Waals surface area contributed by atoms with Crippen LogP contribution in [0.15, 0.2) is 97.1 Å². The maximum absolute atomic E-state index is 11.4. The van der Waals surface area contributed by atoms with Gasteiger partial charge in [-0.2, -0.15) is 0 Å². The van der Waals surface area contributed by atoms with Crippen LogP contribution < -0.4 is 14.2 Å². The van der Waals surface area contributed by atoms with Crippen molar-refractivity contribution in [3.8, 4) is 34.3 Å². The molecule has 41 heavy (non-hydrogen) atoms. The number of ether oxygens (including phenoxy) is 3. The van der Waals surface area contributed by atoms with E-state index in [1.165, 1.54) is 6.08 Å². The summed E-state index contributed by atoms with van der Waals surface area (Å²) in [6.45, 7) is 0.390. The number of aryl methyl sites for hydroxylation is 1. The van der Waals surface area contributed by atoms with E-state index in [2.05, 4.69) is 5.10 Å². The summed E-state index contributed by atoms with van der Waals surface area (Å²) in [6.07, 6.45) is 4.92. The first-order valence-corrected chi connectivity index (χ1v) is 14.4. The maximum atomic E-state index is 11.4. The second-order valence-corrected chi connectivity index (χ2v) is 10.6. The van der Waals surface area contributed by atoms with E-state index < -0.39 is 7.60 Å². The molecule has 0 saturated heterocycles. The van der Waals surface area contributed by atoms with E-state index in [0.717, 1.165) is 34.1 Å². The molecule has 2 N–H and O–H groups in total. The number of hydrogen-bond donors (Lipinski definition) is 2. The zero-order valence-electron chi connectivity index (χ0n) is 22.5. The van der Waals surface area contributed by atoms with Crippen molar-refractivity contribution in [2.75, 3.05) is 7.11 Å². The van der Waals surface area contributed by atoms with Gasteiger partial charge in [-0.15, -0.1) is 5.10 Å². The molecule has 2 aromatic heterocycles. The molecule has 0 aliphatic carbocycles. The van der Waals surface area contributed by atoms with Crippen molar-refractivity contribution >= 4 is 13.7 Å². The number of methoxy groups -OCH3 is 1. The fourth-order valence-corrected chi connectivity index (χ4v) is 4.44. The third-order valence-electron chi connectivity index (χ3n) is 6.18. The molecule has 3 aromatic carbocycles. The van der Waals surface area contributed by atoms with Crippen molar-refractivity contribution in [3.63, 3.8) is 0 Å². The minimum Gasteiger partial charge on any atom is -0.493 e. The minimum absolute atomic E-state index is 0.138. The molecule has 0 spiro atoms. The Kier molecular flexibility index (Phi) is 8.35. The molecule has 0 aliphatic heterocycles. The summed E-state index contributed by atoms with van der Waals surface area (Å²) < 4.78 is 32.5. The minimum atomic E-state index is -4.36. The van der Waals surface area contributed by atoms with Gasteiger partial charge in [-0.3, -0.25) is 4.57 Å². The van der Waals surface area contributed by atoms with Crippen LogP contribution in [0.3, 0.4) is 0 Å². The van der Waals surface area contributed by atoms with Gasteiger partial charge in [-0.1, -0.05) is 54.6 Å². The van der Waals surface area contributed by atoms with Gasteiger partial charge in [0, 0.05) is 30.8 Å². The van der Waals surface area contributed by atoms with Crippen LogP contribution in [0, 0.1) is 0 Å². The van der Waals surface area contributed by atoms with Crippen LogP contribution in [0.4, 0.5) is 0 Å². The molecule has 5 rings (SSSR count). The van der Waals surface area contributed by atoms with E-state index in [-0.39, 0.29) is 19.1 Å². The van der Waals surface area contributed by atoms with Crippen molar-refractivity contribution in [2.45, 2.75) is 13.2 Å². The summed E-state index contributed by atoms with van der Waals surface area (Å²) in [5.41, 5.74) is 3.90. The Hall–Kier alpha value is -4.63. The van der Waals surface area contributed by atoms with Crippen LogP contribution in [0.5, 0.6) is 17.4 Å². The Bertz CT molecular complexity index is 1690. The van der Waals surface area contributed by atoms with Gasteiger partial charge in [0.05, 0.1) is 24.1 Å². The smallest absolute Gasteiger partial charge is 0.349 e. The van der Waals surface area contributed by atoms with Crippen molar-refractivity contribution in [3.05, 3.63) is 114 Å². The predicted molar refractivity (Wildman–Crippen MR) is 155 cm³/mol. The van der Waals surface area contributed by atoms with Crippen LogP contribution in [-0.4, -0.2) is 36.2 Å². The molecule has 0 aliphatic rings. The molecular weight excluding hydrogens is 543 g/mol. The Morgan fingerprint density at radius 1 is 0.902 bits per heavy atom. The first-order chi connectivity index (χ1) is 19.8. The van der Waals surface area contributed by atoms with Crippen molar-refractivity contribution in [1.29, 1.82) is 0 Å². The molecule has 10 nitrogen and oxygen atoms in total. The number of hydrogen-bond acceptors (Lipinski definition) is 6. The molecule has 11 heteroatoms. The van der Waals surface area contributed by atoms with E-state index in [4.69, 9.17) is 19.2 Å². The Morgan fingerprint density at radius 2 is 1.63 bits per heavy atom. The van der Waals surface area contributed by atoms with Gasteiger partial charge in [0.25, 0.3) is 0 Å². The van der Waals surface area contributed by atoms with E-state index in [0.29, 0.717) is 17.1 Å². The molecular formula is C30H29N4O6P. The lowest BCUT2D eigenvalue weighted by atomic mass is 10.2. The molecule has 210 valence electrons. The summed E-state index contributed by atoms with van der Waals surface area (Å²) in [6, 6.07) is 24.8. The molecule has 5 aromatic rings. The molecule has 0 fully saturated rings. The highest BCUT2D eigenvalue weighted by atomic mass is 31.2. The van der Waals surface area contributed by atoms with Gasteiger partial charge in [0.1, 0.15) is 19.0 Å². The standard InChI is InChI=1S/C30H29N4O6P/c1-33-19-26(23-9-5-3-6-10-23)31-29(33)21-39-27-14-13-22(17-28(27)38-2)20-40-30-24(15-16-41(35,36)37)18-34(32-30)25-11-7-4-8-12-25/h3-19H,20-21H2,1-2H3,(H2,35,36,37)/b16-15+. The van der Waals surface area contributed by atoms with Crippen molar-refractivity contribution < 1.29 is 28.6 Å². The first kappa shape index (κ1) is 27.9. The second kappa shape index (κ2) is 12.3. The first-order valence-electron chi connectivity index (χ1n) is 12.7. The van der Waals surface area contributed by atoms with Crippen LogP contribution in [-0.2, 0) is 24.8 Å². The fourth-order valence-electron chi connectivity index (χ4n) is 4.09. The summed E-state index contributed by atoms with van der Waals surface area (Å²) >= 11 is 0. The van der Waals surface area contributed by atoms with E-state index >= 15 is 0 Å². The van der Waals surface area contributed by atoms with E-state index in [1.807, 2.05) is 90.6 Å². The highest BCUT2D eigenvalue weighted by Crippen LogP contribution is 2.38. The third kappa shape index (κ3) is 7.12. The van der Waals surface area contributed by atoms with Gasteiger partial charge in [0.15, 0.2) is 11.5 Å². The van der Waals surface area contributed by atoms with Crippen LogP contribution in [0.25, 0.3) is 23.0 Å². The summed E-state index contributed by atoms with van der Waals surface area (Å²) in [4.78, 5) is 23.3. The zero-order valence-corrected chi connectivity index (χ0v) is 23.4. The Morgan fingerprint density at radius 3 is 2.34 bits per heavy atom. The Labute approximate surface area is 237 Å².